The van der Waals surface area contributed by atoms with Crippen LogP contribution in [0, 0.1) is 0 Å². The van der Waals surface area contributed by atoms with Crippen molar-refractivity contribution in [1.82, 2.24) is 19.8 Å². The van der Waals surface area contributed by atoms with Gasteiger partial charge in [-0.15, -0.1) is 22.7 Å². The molecule has 2 aliphatic rings. The maximum atomic E-state index is 12.1. The molecule has 0 saturated carbocycles. The monoisotopic (exact) mass is 638 g/mol. The number of likely N-dealkylation sites (tertiary alicyclic amines) is 2. The summed E-state index contributed by atoms with van der Waals surface area (Å²) in [6.45, 7) is 16.0. The van der Waals surface area contributed by atoms with Crippen LogP contribution in [0.4, 0.5) is 9.59 Å². The van der Waals surface area contributed by atoms with Crippen LogP contribution < -0.4 is 0 Å². The van der Waals surface area contributed by atoms with E-state index in [9.17, 15) is 14.4 Å². The summed E-state index contributed by atoms with van der Waals surface area (Å²) in [6.07, 6.45) is 2.97. The molecule has 2 aliphatic heterocycles. The van der Waals surface area contributed by atoms with Crippen molar-refractivity contribution in [3.63, 3.8) is 0 Å². The quantitative estimate of drug-likeness (QED) is 0.301. The molecule has 0 unspecified atom stereocenters. The second kappa shape index (κ2) is 15.3. The summed E-state index contributed by atoms with van der Waals surface area (Å²) >= 11 is 3.08. The highest BCUT2D eigenvalue weighted by Crippen LogP contribution is 2.32. The number of hydrogen-bond donors (Lipinski definition) is 1. The molecule has 1 N–H and O–H groups in total. The van der Waals surface area contributed by atoms with Crippen molar-refractivity contribution in [3.8, 4) is 0 Å². The number of nitrogens with zero attached hydrogens (tertiary/aromatic N) is 4. The number of aliphatic hydroxyl groups is 1. The number of esters is 1. The molecule has 0 bridgehead atoms. The van der Waals surface area contributed by atoms with Crippen molar-refractivity contribution >= 4 is 40.8 Å². The van der Waals surface area contributed by atoms with E-state index in [0.717, 1.165) is 41.4 Å². The molecule has 0 radical (unpaired) electrons. The van der Waals surface area contributed by atoms with Crippen LogP contribution in [0.25, 0.3) is 0 Å². The minimum absolute atomic E-state index is 0.00669. The molecule has 4 rings (SSSR count). The van der Waals surface area contributed by atoms with Gasteiger partial charge in [0.1, 0.15) is 11.2 Å². The summed E-state index contributed by atoms with van der Waals surface area (Å²) in [5.41, 5.74) is 0.192. The van der Waals surface area contributed by atoms with E-state index >= 15 is 0 Å². The molecule has 2 aromatic rings. The highest BCUT2D eigenvalue weighted by atomic mass is 32.1. The number of piperidine rings is 2. The van der Waals surface area contributed by atoms with Crippen molar-refractivity contribution in [3.05, 3.63) is 32.2 Å². The van der Waals surface area contributed by atoms with Crippen molar-refractivity contribution in [1.29, 1.82) is 0 Å². The normalized spacial score (nSPS) is 16.7. The first-order valence-electron chi connectivity index (χ1n) is 14.8. The van der Waals surface area contributed by atoms with E-state index in [1.54, 1.807) is 33.4 Å². The lowest BCUT2D eigenvalue weighted by molar-refractivity contribution is 0.0194. The van der Waals surface area contributed by atoms with Gasteiger partial charge in [-0.1, -0.05) is 0 Å². The lowest BCUT2D eigenvalue weighted by atomic mass is 9.98. The smallest absolute Gasteiger partial charge is 0.410 e. The number of carbonyl (C=O) groups is 3. The average molecular weight is 639 g/mol. The molecule has 4 heterocycles. The Balaban J connectivity index is 0.000000238. The van der Waals surface area contributed by atoms with Gasteiger partial charge in [-0.3, -0.25) is 0 Å². The molecule has 2 amide bonds. The zero-order valence-electron chi connectivity index (χ0n) is 26.4. The van der Waals surface area contributed by atoms with Gasteiger partial charge in [-0.2, -0.15) is 0 Å². The van der Waals surface area contributed by atoms with Crippen molar-refractivity contribution < 1.29 is 33.7 Å². The molecule has 13 heteroatoms. The topological polar surface area (TPSA) is 131 Å². The number of amides is 2. The van der Waals surface area contributed by atoms with Crippen LogP contribution in [-0.4, -0.2) is 87.0 Å². The Morgan fingerprint density at radius 3 is 1.65 bits per heavy atom. The Kier molecular flexibility index (Phi) is 12.3. The molecule has 2 saturated heterocycles. The van der Waals surface area contributed by atoms with Gasteiger partial charge in [-0.05, 0) is 74.1 Å². The molecular formula is C30H46N4O7S2. The summed E-state index contributed by atoms with van der Waals surface area (Å²) in [4.78, 5) is 48.0. The van der Waals surface area contributed by atoms with Gasteiger partial charge in [-0.25, -0.2) is 24.4 Å². The molecule has 43 heavy (non-hydrogen) atoms. The van der Waals surface area contributed by atoms with Gasteiger partial charge >= 0.3 is 18.2 Å². The van der Waals surface area contributed by atoms with Crippen molar-refractivity contribution in [2.75, 3.05) is 32.8 Å². The fourth-order valence-electron chi connectivity index (χ4n) is 4.63. The highest BCUT2D eigenvalue weighted by Gasteiger charge is 2.30. The van der Waals surface area contributed by atoms with E-state index in [2.05, 4.69) is 9.97 Å². The third kappa shape index (κ3) is 11.0. The fourth-order valence-corrected chi connectivity index (χ4v) is 6.57. The van der Waals surface area contributed by atoms with Gasteiger partial charge in [0.2, 0.25) is 0 Å². The Labute approximate surface area is 262 Å². The third-order valence-corrected chi connectivity index (χ3v) is 8.79. The van der Waals surface area contributed by atoms with Crippen molar-refractivity contribution in [2.24, 2.45) is 0 Å². The lowest BCUT2D eigenvalue weighted by Crippen LogP contribution is -2.41. The Hall–Kier alpha value is -2.77. The van der Waals surface area contributed by atoms with Crippen LogP contribution >= 0.6 is 22.7 Å². The number of carbonyl (C=O) groups excluding carboxylic acids is 3. The van der Waals surface area contributed by atoms with Crippen LogP contribution in [0.2, 0.25) is 0 Å². The minimum atomic E-state index is -0.474. The maximum Gasteiger partial charge on any atom is 0.410 e. The fraction of sp³-hybridized carbons (Fsp3) is 0.700. The van der Waals surface area contributed by atoms with Crippen LogP contribution in [0.15, 0.2) is 10.8 Å². The summed E-state index contributed by atoms with van der Waals surface area (Å²) < 4.78 is 15.7. The molecule has 2 fully saturated rings. The van der Waals surface area contributed by atoms with Crippen LogP contribution in [0.5, 0.6) is 0 Å². The first-order chi connectivity index (χ1) is 20.2. The summed E-state index contributed by atoms with van der Waals surface area (Å²) in [5.74, 6) is 0.294. The second-order valence-electron chi connectivity index (χ2n) is 12.6. The highest BCUT2D eigenvalue weighted by molar-refractivity contribution is 7.10. The van der Waals surface area contributed by atoms with Gasteiger partial charge in [0, 0.05) is 48.8 Å². The minimum Gasteiger partial charge on any atom is -0.461 e. The van der Waals surface area contributed by atoms with E-state index in [4.69, 9.17) is 19.3 Å². The average Bonchev–Trinajstić information content (AvgIpc) is 3.63. The van der Waals surface area contributed by atoms with Crippen LogP contribution in [0.3, 0.4) is 0 Å². The van der Waals surface area contributed by atoms with Gasteiger partial charge in [0.15, 0.2) is 5.69 Å². The lowest BCUT2D eigenvalue weighted by Gasteiger charge is -2.32. The summed E-state index contributed by atoms with van der Waals surface area (Å²) in [7, 11) is 0. The molecule has 0 aromatic carbocycles. The van der Waals surface area contributed by atoms with E-state index in [-0.39, 0.29) is 30.7 Å². The first kappa shape index (κ1) is 34.7. The van der Waals surface area contributed by atoms with Crippen LogP contribution in [0.1, 0.15) is 112 Å². The summed E-state index contributed by atoms with van der Waals surface area (Å²) in [5, 5.41) is 14.7. The number of ether oxygens (including phenoxy) is 3. The molecule has 0 aliphatic carbocycles. The second-order valence-corrected chi connectivity index (χ2v) is 14.4. The van der Waals surface area contributed by atoms with Gasteiger partial charge in [0.05, 0.1) is 28.9 Å². The zero-order valence-corrected chi connectivity index (χ0v) is 28.0. The first-order valence-corrected chi connectivity index (χ1v) is 16.6. The van der Waals surface area contributed by atoms with E-state index < -0.39 is 11.2 Å². The number of rotatable bonds is 5. The van der Waals surface area contributed by atoms with Gasteiger partial charge in [0.25, 0.3) is 0 Å². The van der Waals surface area contributed by atoms with Gasteiger partial charge < -0.3 is 29.1 Å². The Morgan fingerprint density at radius 1 is 0.814 bits per heavy atom. The largest absolute Gasteiger partial charge is 0.461 e. The predicted molar refractivity (Wildman–Crippen MR) is 166 cm³/mol. The molecule has 2 aromatic heterocycles. The standard InChI is InChI=1S/C16H24N2O4S.C14H22N2O3S/c1-5-21-14(19)12-10-23-13(17-12)11-6-8-18(9-7-11)15(20)22-16(2,3)4;1-14(2,3)19-13(18)16-6-4-10(5-7-16)12-15-11(8-17)9-20-12/h10-11H,5-9H2,1-4H3;9-10,17H,4-8H2,1-3H3. The molecule has 0 spiro atoms. The number of thiazole rings is 2. The zero-order chi connectivity index (χ0) is 31.8. The third-order valence-electron chi connectivity index (χ3n) is 6.73. The maximum absolute atomic E-state index is 12.1. The van der Waals surface area contributed by atoms with Crippen LogP contribution in [-0.2, 0) is 20.8 Å². The summed E-state index contributed by atoms with van der Waals surface area (Å²) in [6, 6.07) is 0. The van der Waals surface area contributed by atoms with E-state index in [0.29, 0.717) is 44.4 Å². The van der Waals surface area contributed by atoms with E-state index in [1.165, 1.54) is 11.3 Å². The molecule has 240 valence electrons. The molecule has 0 atom stereocenters. The molecule has 11 nitrogen and oxygen atoms in total. The predicted octanol–water partition coefficient (Wildman–Crippen LogP) is 6.18. The number of hydrogen-bond acceptors (Lipinski definition) is 11. The van der Waals surface area contributed by atoms with E-state index in [1.807, 2.05) is 46.9 Å². The molecular weight excluding hydrogens is 592 g/mol. The Bertz CT molecular complexity index is 1200. The number of aliphatic hydroxyl groups excluding tert-OH is 1. The number of aromatic nitrogens is 2. The Morgan fingerprint density at radius 2 is 1.26 bits per heavy atom. The SMILES string of the molecule is CC(C)(C)OC(=O)N1CCC(c2nc(CO)cs2)CC1.CCOC(=O)c1csc(C2CCN(C(=O)OC(C)(C)C)CC2)n1. The van der Waals surface area contributed by atoms with Crippen molar-refractivity contribution in [2.45, 2.75) is 104 Å².